The summed E-state index contributed by atoms with van der Waals surface area (Å²) in [6.45, 7) is 0. The number of hydrogen-bond donors (Lipinski definition) is 2. The number of amides is 3. The van der Waals surface area contributed by atoms with Crippen molar-refractivity contribution in [2.75, 3.05) is 28.3 Å². The summed E-state index contributed by atoms with van der Waals surface area (Å²) in [7, 11) is 6.41. The number of ketones is 1. The summed E-state index contributed by atoms with van der Waals surface area (Å²) in [5.74, 6) is 0.549. The molecule has 0 spiro atoms. The first-order chi connectivity index (χ1) is 16.3. The number of hydrogen-bond acceptors (Lipinski definition) is 7. The lowest BCUT2D eigenvalue weighted by atomic mass is 9.96. The summed E-state index contributed by atoms with van der Waals surface area (Å²) in [4.78, 5) is 48.3. The third-order valence-electron chi connectivity index (χ3n) is 6.02. The molecular weight excluding hydrogens is 438 g/mol. The van der Waals surface area contributed by atoms with Crippen LogP contribution in [0.5, 0.6) is 11.5 Å². The number of benzene rings is 2. The third-order valence-corrected chi connectivity index (χ3v) is 6.02. The van der Waals surface area contributed by atoms with Gasteiger partial charge in [-0.15, -0.1) is 0 Å². The molecule has 2 N–H and O–H groups in total. The molecule has 3 atom stereocenters. The highest BCUT2D eigenvalue weighted by Gasteiger charge is 2.43. The monoisotopic (exact) mass is 464 g/mol. The number of likely N-dealkylation sites (N-methyl/N-ethyl adjacent to an activating group) is 2. The molecule has 0 radical (unpaired) electrons. The Hall–Kier alpha value is -4.05. The minimum absolute atomic E-state index is 0.0815. The van der Waals surface area contributed by atoms with Crippen LogP contribution in [-0.2, 0) is 11.2 Å². The van der Waals surface area contributed by atoms with Crippen LogP contribution < -0.4 is 19.7 Å². The zero-order valence-corrected chi connectivity index (χ0v) is 19.4. The molecular formula is C24H26N5O5+. The maximum absolute atomic E-state index is 13.4. The van der Waals surface area contributed by atoms with E-state index in [1.54, 1.807) is 38.5 Å². The summed E-state index contributed by atoms with van der Waals surface area (Å²) < 4.78 is 10.4. The van der Waals surface area contributed by atoms with E-state index in [1.165, 1.54) is 7.05 Å². The van der Waals surface area contributed by atoms with Crippen molar-refractivity contribution in [2.24, 2.45) is 9.98 Å². The highest BCUT2D eigenvalue weighted by molar-refractivity contribution is 6.48. The maximum atomic E-state index is 13.4. The molecule has 0 aliphatic carbocycles. The second-order valence-corrected chi connectivity index (χ2v) is 8.07. The van der Waals surface area contributed by atoms with Gasteiger partial charge in [0.15, 0.2) is 0 Å². The van der Waals surface area contributed by atoms with Crippen LogP contribution in [0, 0.1) is 0 Å². The van der Waals surface area contributed by atoms with Crippen LogP contribution >= 0.6 is 0 Å². The van der Waals surface area contributed by atoms with Gasteiger partial charge < -0.3 is 9.47 Å². The molecule has 10 heteroatoms. The van der Waals surface area contributed by atoms with Crippen molar-refractivity contribution in [3.8, 4) is 11.5 Å². The van der Waals surface area contributed by atoms with Crippen molar-refractivity contribution in [3.63, 3.8) is 0 Å². The Bertz CT molecular complexity index is 1170. The van der Waals surface area contributed by atoms with E-state index in [0.717, 1.165) is 21.1 Å². The molecule has 0 aromatic heterocycles. The number of ether oxygens (including phenoxy) is 2. The van der Waals surface area contributed by atoms with Crippen LogP contribution in [0.2, 0.25) is 0 Å². The molecule has 34 heavy (non-hydrogen) atoms. The number of imide groups is 1. The van der Waals surface area contributed by atoms with Gasteiger partial charge in [0.05, 0.1) is 21.3 Å². The number of aliphatic imine (C=N–C) groups is 2. The van der Waals surface area contributed by atoms with E-state index in [9.17, 15) is 14.4 Å². The molecule has 2 aliphatic heterocycles. The predicted molar refractivity (Wildman–Crippen MR) is 125 cm³/mol. The Morgan fingerprint density at radius 3 is 2.18 bits per heavy atom. The minimum atomic E-state index is -0.758. The van der Waals surface area contributed by atoms with Crippen molar-refractivity contribution in [1.82, 2.24) is 10.2 Å². The molecule has 4 rings (SSSR count). The van der Waals surface area contributed by atoms with E-state index < -0.39 is 18.2 Å². The normalized spacial score (nSPS) is 23.2. The molecule has 2 aliphatic rings. The van der Waals surface area contributed by atoms with E-state index in [2.05, 4.69) is 15.3 Å². The number of nitrogens with zero attached hydrogens (tertiary/aromatic N) is 3. The molecule has 2 heterocycles. The van der Waals surface area contributed by atoms with Crippen molar-refractivity contribution < 1.29 is 28.8 Å². The van der Waals surface area contributed by atoms with E-state index in [0.29, 0.717) is 23.4 Å². The average molecular weight is 465 g/mol. The number of amidine groups is 1. The number of rotatable bonds is 7. The van der Waals surface area contributed by atoms with Gasteiger partial charge in [0, 0.05) is 19.0 Å². The molecule has 1 fully saturated rings. The van der Waals surface area contributed by atoms with Gasteiger partial charge in [-0.25, -0.2) is 4.79 Å². The van der Waals surface area contributed by atoms with Gasteiger partial charge in [-0.2, -0.15) is 9.98 Å². The van der Waals surface area contributed by atoms with Crippen LogP contribution in [0.1, 0.15) is 15.9 Å². The van der Waals surface area contributed by atoms with Crippen molar-refractivity contribution in [2.45, 2.75) is 18.8 Å². The topological polar surface area (TPSA) is 114 Å². The number of carbonyl (C=O) groups is 3. The SMILES string of the molecule is COc1ccc(CC2C(C(=O)c3ccc(OC)cc3)=NC(N=C3NC(=O)N(C)C3=O)[NH+]2C)cc1. The third kappa shape index (κ3) is 4.40. The first kappa shape index (κ1) is 23.1. The smallest absolute Gasteiger partial charge is 0.329 e. The van der Waals surface area contributed by atoms with Gasteiger partial charge >= 0.3 is 6.03 Å². The standard InChI is InChI=1S/C24H25N5O5/c1-28-18(13-14-5-9-16(33-3)10-6-14)19(20(30)15-7-11-17(34-4)12-8-15)25-23(28)26-21-22(31)29(2)24(32)27-21/h5-12,18,23H,13H2,1-4H3,(H,26,27,32)/p+1. The summed E-state index contributed by atoms with van der Waals surface area (Å²) in [6.07, 6.45) is -0.232. The molecule has 176 valence electrons. The summed E-state index contributed by atoms with van der Waals surface area (Å²) >= 11 is 0. The quantitative estimate of drug-likeness (QED) is 0.453. The molecule has 3 unspecified atom stereocenters. The summed E-state index contributed by atoms with van der Waals surface area (Å²) in [6, 6.07) is 13.6. The fourth-order valence-corrected chi connectivity index (χ4v) is 3.91. The Balaban J connectivity index is 1.67. The van der Waals surface area contributed by atoms with Gasteiger partial charge in [0.1, 0.15) is 23.3 Å². The van der Waals surface area contributed by atoms with Crippen LogP contribution in [0.4, 0.5) is 4.79 Å². The van der Waals surface area contributed by atoms with Crippen LogP contribution in [-0.4, -0.2) is 74.8 Å². The van der Waals surface area contributed by atoms with Crippen molar-refractivity contribution in [1.29, 1.82) is 0 Å². The number of quaternary nitrogens is 1. The zero-order chi connectivity index (χ0) is 24.4. The summed E-state index contributed by atoms with van der Waals surface area (Å²) in [5, 5.41) is 2.46. The molecule has 3 amide bonds. The Morgan fingerprint density at radius 2 is 1.65 bits per heavy atom. The van der Waals surface area contributed by atoms with Crippen molar-refractivity contribution >= 4 is 29.3 Å². The van der Waals surface area contributed by atoms with Crippen LogP contribution in [0.3, 0.4) is 0 Å². The zero-order valence-electron chi connectivity index (χ0n) is 19.4. The molecule has 0 bridgehead atoms. The van der Waals surface area contributed by atoms with Gasteiger partial charge in [0.25, 0.3) is 12.2 Å². The minimum Gasteiger partial charge on any atom is -0.497 e. The van der Waals surface area contributed by atoms with Crippen LogP contribution in [0.25, 0.3) is 0 Å². The molecule has 2 aromatic carbocycles. The number of nitrogens with one attached hydrogen (secondary N) is 2. The highest BCUT2D eigenvalue weighted by Crippen LogP contribution is 2.18. The van der Waals surface area contributed by atoms with E-state index in [1.807, 2.05) is 31.3 Å². The first-order valence-corrected chi connectivity index (χ1v) is 10.7. The fourth-order valence-electron chi connectivity index (χ4n) is 3.91. The molecule has 0 saturated carbocycles. The Morgan fingerprint density at radius 1 is 1.06 bits per heavy atom. The lowest BCUT2D eigenvalue weighted by Crippen LogP contribution is -3.15. The summed E-state index contributed by atoms with van der Waals surface area (Å²) in [5.41, 5.74) is 1.84. The Kier molecular flexibility index (Phi) is 6.42. The van der Waals surface area contributed by atoms with Gasteiger partial charge in [-0.1, -0.05) is 12.1 Å². The highest BCUT2D eigenvalue weighted by atomic mass is 16.5. The van der Waals surface area contributed by atoms with Gasteiger partial charge in [-0.05, 0) is 42.0 Å². The van der Waals surface area contributed by atoms with Gasteiger partial charge in [0.2, 0.25) is 11.6 Å². The number of methoxy groups -OCH3 is 2. The second-order valence-electron chi connectivity index (χ2n) is 8.07. The molecule has 2 aromatic rings. The lowest BCUT2D eigenvalue weighted by Gasteiger charge is -2.21. The number of Topliss-reactive ketones (excluding diaryl/α,β-unsaturated/α-hetero) is 1. The number of carbonyl (C=O) groups excluding carboxylic acids is 3. The van der Waals surface area contributed by atoms with Crippen LogP contribution in [0.15, 0.2) is 58.5 Å². The Labute approximate surface area is 196 Å². The van der Waals surface area contributed by atoms with Gasteiger partial charge in [-0.3, -0.25) is 24.7 Å². The first-order valence-electron chi connectivity index (χ1n) is 10.7. The lowest BCUT2D eigenvalue weighted by molar-refractivity contribution is -0.912. The molecule has 1 saturated heterocycles. The maximum Gasteiger partial charge on any atom is 0.329 e. The largest absolute Gasteiger partial charge is 0.497 e. The van der Waals surface area contributed by atoms with E-state index >= 15 is 0 Å². The average Bonchev–Trinajstić information content (AvgIpc) is 3.29. The number of urea groups is 1. The van der Waals surface area contributed by atoms with E-state index in [4.69, 9.17) is 9.47 Å². The molecule has 10 nitrogen and oxygen atoms in total. The predicted octanol–water partition coefficient (Wildman–Crippen LogP) is 0.331. The van der Waals surface area contributed by atoms with E-state index in [-0.39, 0.29) is 17.7 Å². The second kappa shape index (κ2) is 9.44. The fraction of sp³-hybridized carbons (Fsp3) is 0.292. The van der Waals surface area contributed by atoms with Crippen molar-refractivity contribution in [3.05, 3.63) is 59.7 Å².